The maximum absolute atomic E-state index is 13.8. The van der Waals surface area contributed by atoms with Crippen LogP contribution in [0.4, 0.5) is 10.1 Å². The molecule has 0 spiro atoms. The summed E-state index contributed by atoms with van der Waals surface area (Å²) in [7, 11) is 0. The first-order valence-corrected chi connectivity index (χ1v) is 10.7. The number of nitrogens with zero attached hydrogens (tertiary/aromatic N) is 1. The number of likely N-dealkylation sites (tertiary alicyclic amines) is 1. The summed E-state index contributed by atoms with van der Waals surface area (Å²) in [6.45, 7) is 0.690. The molecule has 4 nitrogen and oxygen atoms in total. The molecule has 158 valence electrons. The van der Waals surface area contributed by atoms with Gasteiger partial charge in [0.1, 0.15) is 5.82 Å². The second-order valence-electron chi connectivity index (χ2n) is 8.39. The Balaban J connectivity index is 1.52. The van der Waals surface area contributed by atoms with Crippen molar-refractivity contribution in [2.75, 3.05) is 18.5 Å². The van der Waals surface area contributed by atoms with Crippen LogP contribution in [0.2, 0.25) is 0 Å². The fraction of sp³-hybridized carbons (Fsp3) is 0.269. The second-order valence-corrected chi connectivity index (χ2v) is 8.39. The van der Waals surface area contributed by atoms with Gasteiger partial charge < -0.3 is 15.3 Å². The van der Waals surface area contributed by atoms with Crippen molar-refractivity contribution in [2.45, 2.75) is 24.9 Å². The number of anilines is 1. The second kappa shape index (κ2) is 8.16. The van der Waals surface area contributed by atoms with Crippen LogP contribution in [-0.4, -0.2) is 35.1 Å². The van der Waals surface area contributed by atoms with Crippen molar-refractivity contribution < 1.29 is 14.3 Å². The molecule has 0 aromatic heterocycles. The SMILES string of the molecule is O=C(Cc1ccccc1)N1CC[C@H]2[C@H](CO)Nc3ccc(-c4cccc(F)c4)cc3[C@H]21. The highest BCUT2D eigenvalue weighted by Gasteiger charge is 2.45. The molecular formula is C26H25FN2O2. The molecule has 5 heteroatoms. The number of aliphatic hydroxyl groups excluding tert-OH is 1. The Morgan fingerprint density at radius 2 is 1.84 bits per heavy atom. The average Bonchev–Trinajstić information content (AvgIpc) is 3.25. The normalized spacial score (nSPS) is 21.9. The van der Waals surface area contributed by atoms with Crippen molar-refractivity contribution >= 4 is 11.6 Å². The summed E-state index contributed by atoms with van der Waals surface area (Å²) in [4.78, 5) is 15.2. The summed E-state index contributed by atoms with van der Waals surface area (Å²) in [5.74, 6) is -0.0357. The number of rotatable bonds is 4. The highest BCUT2D eigenvalue weighted by Crippen LogP contribution is 2.47. The molecule has 2 aliphatic rings. The number of aliphatic hydroxyl groups is 1. The van der Waals surface area contributed by atoms with E-state index in [0.29, 0.717) is 13.0 Å². The summed E-state index contributed by atoms with van der Waals surface area (Å²) < 4.78 is 13.8. The van der Waals surface area contributed by atoms with E-state index in [9.17, 15) is 14.3 Å². The van der Waals surface area contributed by atoms with Crippen molar-refractivity contribution in [2.24, 2.45) is 5.92 Å². The number of halogens is 1. The number of amides is 1. The van der Waals surface area contributed by atoms with Crippen LogP contribution in [0.3, 0.4) is 0 Å². The van der Waals surface area contributed by atoms with E-state index in [4.69, 9.17) is 0 Å². The summed E-state index contributed by atoms with van der Waals surface area (Å²) >= 11 is 0. The van der Waals surface area contributed by atoms with Gasteiger partial charge in [-0.3, -0.25) is 4.79 Å². The fourth-order valence-electron chi connectivity index (χ4n) is 5.06. The molecule has 0 unspecified atom stereocenters. The average molecular weight is 416 g/mol. The smallest absolute Gasteiger partial charge is 0.227 e. The molecule has 1 amide bonds. The van der Waals surface area contributed by atoms with Crippen molar-refractivity contribution in [1.82, 2.24) is 4.90 Å². The summed E-state index contributed by atoms with van der Waals surface area (Å²) in [6, 6.07) is 22.2. The Labute approximate surface area is 181 Å². The number of carbonyl (C=O) groups is 1. The van der Waals surface area contributed by atoms with E-state index in [0.717, 1.165) is 34.4 Å². The Kier molecular flexibility index (Phi) is 5.20. The number of nitrogens with one attached hydrogen (secondary N) is 1. The van der Waals surface area contributed by atoms with Crippen molar-refractivity contribution in [3.63, 3.8) is 0 Å². The number of fused-ring (bicyclic) bond motifs is 3. The van der Waals surface area contributed by atoms with Gasteiger partial charge in [-0.2, -0.15) is 0 Å². The van der Waals surface area contributed by atoms with Gasteiger partial charge in [-0.1, -0.05) is 48.5 Å². The lowest BCUT2D eigenvalue weighted by molar-refractivity contribution is -0.131. The van der Waals surface area contributed by atoms with E-state index in [2.05, 4.69) is 11.4 Å². The van der Waals surface area contributed by atoms with Gasteiger partial charge in [-0.25, -0.2) is 4.39 Å². The fourth-order valence-corrected chi connectivity index (χ4v) is 5.06. The molecule has 2 heterocycles. The lowest BCUT2D eigenvalue weighted by Crippen LogP contribution is -2.43. The monoisotopic (exact) mass is 416 g/mol. The van der Waals surface area contributed by atoms with Gasteiger partial charge in [0.25, 0.3) is 0 Å². The van der Waals surface area contributed by atoms with Gasteiger partial charge in [-0.05, 0) is 52.9 Å². The molecule has 0 aliphatic carbocycles. The van der Waals surface area contributed by atoms with Crippen LogP contribution in [0.1, 0.15) is 23.6 Å². The van der Waals surface area contributed by atoms with Gasteiger partial charge in [0.15, 0.2) is 0 Å². The van der Waals surface area contributed by atoms with E-state index in [1.807, 2.05) is 53.4 Å². The molecule has 0 bridgehead atoms. The Morgan fingerprint density at radius 1 is 1.03 bits per heavy atom. The molecule has 0 radical (unpaired) electrons. The zero-order chi connectivity index (χ0) is 21.4. The third-order valence-corrected chi connectivity index (χ3v) is 6.55. The summed E-state index contributed by atoms with van der Waals surface area (Å²) in [5.41, 5.74) is 4.69. The maximum atomic E-state index is 13.8. The van der Waals surface area contributed by atoms with E-state index in [-0.39, 0.29) is 36.3 Å². The number of hydrogen-bond acceptors (Lipinski definition) is 3. The quantitative estimate of drug-likeness (QED) is 0.662. The molecule has 5 rings (SSSR count). The molecule has 3 aromatic rings. The Morgan fingerprint density at radius 3 is 2.61 bits per heavy atom. The number of benzene rings is 3. The minimum absolute atomic E-state index is 0.0208. The molecule has 3 aromatic carbocycles. The lowest BCUT2D eigenvalue weighted by Gasteiger charge is -2.39. The first-order chi connectivity index (χ1) is 15.1. The molecule has 2 aliphatic heterocycles. The molecule has 0 saturated carbocycles. The Bertz CT molecular complexity index is 1100. The lowest BCUT2D eigenvalue weighted by atomic mass is 9.82. The Hall–Kier alpha value is -3.18. The first kappa shape index (κ1) is 19.8. The summed E-state index contributed by atoms with van der Waals surface area (Å²) in [6.07, 6.45) is 1.20. The standard InChI is InChI=1S/C26H25FN2O2/c27-20-8-4-7-18(14-20)19-9-10-23-22(15-19)26-21(24(16-30)28-23)11-12-29(26)25(31)13-17-5-2-1-3-6-17/h1-10,14-15,21,24,26,28,30H,11-13,16H2/t21-,24-,26-/m0/s1. The predicted molar refractivity (Wildman–Crippen MR) is 119 cm³/mol. The zero-order valence-electron chi connectivity index (χ0n) is 17.2. The molecule has 3 atom stereocenters. The van der Waals surface area contributed by atoms with Gasteiger partial charge in [0, 0.05) is 18.2 Å². The van der Waals surface area contributed by atoms with Crippen LogP contribution in [0.25, 0.3) is 11.1 Å². The van der Waals surface area contributed by atoms with Crippen LogP contribution in [0.5, 0.6) is 0 Å². The van der Waals surface area contributed by atoms with Crippen molar-refractivity contribution in [3.8, 4) is 11.1 Å². The summed E-state index contributed by atoms with van der Waals surface area (Å²) in [5, 5.41) is 13.4. The number of carbonyl (C=O) groups excluding carboxylic acids is 1. The van der Waals surface area contributed by atoms with Crippen LogP contribution >= 0.6 is 0 Å². The third kappa shape index (κ3) is 3.70. The van der Waals surface area contributed by atoms with E-state index in [1.54, 1.807) is 6.07 Å². The zero-order valence-corrected chi connectivity index (χ0v) is 17.2. The van der Waals surface area contributed by atoms with Gasteiger partial charge in [0.05, 0.1) is 25.1 Å². The van der Waals surface area contributed by atoms with Crippen LogP contribution < -0.4 is 5.32 Å². The molecule has 2 N–H and O–H groups in total. The number of hydrogen-bond donors (Lipinski definition) is 2. The highest BCUT2D eigenvalue weighted by atomic mass is 19.1. The van der Waals surface area contributed by atoms with Gasteiger partial charge >= 0.3 is 0 Å². The van der Waals surface area contributed by atoms with Crippen LogP contribution in [-0.2, 0) is 11.2 Å². The first-order valence-electron chi connectivity index (χ1n) is 10.7. The highest BCUT2D eigenvalue weighted by molar-refractivity contribution is 5.81. The van der Waals surface area contributed by atoms with Crippen LogP contribution in [0, 0.1) is 11.7 Å². The largest absolute Gasteiger partial charge is 0.394 e. The predicted octanol–water partition coefficient (Wildman–Crippen LogP) is 4.41. The van der Waals surface area contributed by atoms with E-state index < -0.39 is 0 Å². The van der Waals surface area contributed by atoms with Gasteiger partial charge in [-0.15, -0.1) is 0 Å². The van der Waals surface area contributed by atoms with E-state index >= 15 is 0 Å². The van der Waals surface area contributed by atoms with Gasteiger partial charge in [0.2, 0.25) is 5.91 Å². The maximum Gasteiger partial charge on any atom is 0.227 e. The minimum atomic E-state index is -0.271. The molecule has 1 saturated heterocycles. The van der Waals surface area contributed by atoms with Crippen molar-refractivity contribution in [1.29, 1.82) is 0 Å². The molecule has 31 heavy (non-hydrogen) atoms. The topological polar surface area (TPSA) is 52.6 Å². The molecular weight excluding hydrogens is 391 g/mol. The molecule has 1 fully saturated rings. The van der Waals surface area contributed by atoms with Crippen LogP contribution in [0.15, 0.2) is 72.8 Å². The third-order valence-electron chi connectivity index (χ3n) is 6.55. The minimum Gasteiger partial charge on any atom is -0.394 e. The van der Waals surface area contributed by atoms with Crippen molar-refractivity contribution in [3.05, 3.63) is 89.7 Å². The van der Waals surface area contributed by atoms with E-state index in [1.165, 1.54) is 12.1 Å².